The van der Waals surface area contributed by atoms with E-state index >= 15 is 0 Å². The van der Waals surface area contributed by atoms with E-state index in [4.69, 9.17) is 0 Å². The Morgan fingerprint density at radius 3 is 2.44 bits per heavy atom. The van der Waals surface area contributed by atoms with E-state index in [0.717, 1.165) is 17.2 Å². The molecule has 3 rings (SSSR count). The van der Waals surface area contributed by atoms with Crippen LogP contribution >= 0.6 is 11.8 Å². The average Bonchev–Trinajstić information content (AvgIpc) is 2.95. The zero-order valence-corrected chi connectivity index (χ0v) is 14.8. The fourth-order valence-electron chi connectivity index (χ4n) is 2.60. The van der Waals surface area contributed by atoms with Crippen LogP contribution in [0.5, 0.6) is 0 Å². The lowest BCUT2D eigenvalue weighted by Gasteiger charge is -2.27. The third kappa shape index (κ3) is 4.29. The molecule has 0 aliphatic carbocycles. The highest BCUT2D eigenvalue weighted by atomic mass is 32.2. The minimum absolute atomic E-state index is 0.0141. The summed E-state index contributed by atoms with van der Waals surface area (Å²) < 4.78 is 37.2. The van der Waals surface area contributed by atoms with Crippen molar-refractivity contribution in [1.29, 1.82) is 0 Å². The number of nitrogens with zero attached hydrogens (tertiary/aromatic N) is 1. The number of rotatable bonds is 5. The number of hydrogen-bond donors (Lipinski definition) is 0. The number of hydrogen-bond acceptors (Lipinski definition) is 4. The number of amides is 1. The molecule has 0 bridgehead atoms. The van der Waals surface area contributed by atoms with Gasteiger partial charge in [-0.25, -0.2) is 12.8 Å². The second kappa shape index (κ2) is 7.41. The lowest BCUT2D eigenvalue weighted by Crippen LogP contribution is -2.42. The largest absolute Gasteiger partial charge is 0.304 e. The summed E-state index contributed by atoms with van der Waals surface area (Å²) in [6.45, 7) is 0. The fourth-order valence-corrected chi connectivity index (χ4v) is 4.67. The van der Waals surface area contributed by atoms with Crippen molar-refractivity contribution in [3.63, 3.8) is 0 Å². The van der Waals surface area contributed by atoms with E-state index in [2.05, 4.69) is 0 Å². The molecule has 0 N–H and O–H groups in total. The molecule has 25 heavy (non-hydrogen) atoms. The van der Waals surface area contributed by atoms with Gasteiger partial charge < -0.3 is 4.90 Å². The molecular weight excluding hydrogens is 361 g/mol. The van der Waals surface area contributed by atoms with Gasteiger partial charge in [0.1, 0.15) is 5.82 Å². The molecule has 1 aliphatic heterocycles. The van der Waals surface area contributed by atoms with Gasteiger partial charge in [0.15, 0.2) is 9.84 Å². The van der Waals surface area contributed by atoms with E-state index in [-0.39, 0.29) is 23.2 Å². The van der Waals surface area contributed by atoms with Crippen LogP contribution in [-0.4, -0.2) is 31.9 Å². The van der Waals surface area contributed by atoms with Gasteiger partial charge in [-0.15, -0.1) is 11.8 Å². The Morgan fingerprint density at radius 1 is 1.12 bits per heavy atom. The summed E-state index contributed by atoms with van der Waals surface area (Å²) >= 11 is 1.10. The maximum atomic E-state index is 13.7. The SMILES string of the molecule is O=C(CSc1ccccc1F)N(c1ccccc1)[C@H]1C=CS(=O)(=O)C1. The first-order chi connectivity index (χ1) is 12.0. The van der Waals surface area contributed by atoms with E-state index in [9.17, 15) is 17.6 Å². The molecule has 7 heteroatoms. The smallest absolute Gasteiger partial charge is 0.237 e. The molecule has 0 saturated heterocycles. The van der Waals surface area contributed by atoms with Crippen molar-refractivity contribution in [2.45, 2.75) is 10.9 Å². The zero-order valence-electron chi connectivity index (χ0n) is 13.2. The number of anilines is 1. The molecule has 1 amide bonds. The average molecular weight is 377 g/mol. The first-order valence-electron chi connectivity index (χ1n) is 7.62. The van der Waals surface area contributed by atoms with Gasteiger partial charge in [0.25, 0.3) is 0 Å². The normalized spacial score (nSPS) is 18.2. The molecule has 130 valence electrons. The summed E-state index contributed by atoms with van der Waals surface area (Å²) in [5.41, 5.74) is 0.619. The van der Waals surface area contributed by atoms with Crippen molar-refractivity contribution >= 4 is 33.2 Å². The topological polar surface area (TPSA) is 54.5 Å². The summed E-state index contributed by atoms with van der Waals surface area (Å²) in [5.74, 6) is -0.779. The third-order valence-electron chi connectivity index (χ3n) is 3.73. The van der Waals surface area contributed by atoms with Crippen LogP contribution in [0.25, 0.3) is 0 Å². The van der Waals surface area contributed by atoms with Crippen LogP contribution in [0.2, 0.25) is 0 Å². The van der Waals surface area contributed by atoms with Gasteiger partial charge in [-0.05, 0) is 30.3 Å². The van der Waals surface area contributed by atoms with Crippen molar-refractivity contribution in [2.75, 3.05) is 16.4 Å². The van der Waals surface area contributed by atoms with Crippen molar-refractivity contribution < 1.29 is 17.6 Å². The van der Waals surface area contributed by atoms with Gasteiger partial charge in [-0.2, -0.15) is 0 Å². The second-order valence-corrected chi connectivity index (χ2v) is 8.49. The second-order valence-electron chi connectivity index (χ2n) is 5.54. The Kier molecular flexibility index (Phi) is 5.24. The number of thioether (sulfide) groups is 1. The zero-order chi connectivity index (χ0) is 17.9. The number of carbonyl (C=O) groups is 1. The summed E-state index contributed by atoms with van der Waals surface area (Å²) in [7, 11) is -3.30. The molecule has 2 aromatic rings. The maximum absolute atomic E-state index is 13.7. The Balaban J connectivity index is 1.81. The first kappa shape index (κ1) is 17.7. The van der Waals surface area contributed by atoms with Crippen molar-refractivity contribution in [2.24, 2.45) is 0 Å². The fraction of sp³-hybridized carbons (Fsp3) is 0.167. The predicted octanol–water partition coefficient (Wildman–Crippen LogP) is 3.26. The Morgan fingerprint density at radius 2 is 1.80 bits per heavy atom. The molecule has 0 fully saturated rings. The molecular formula is C18H16FNO3S2. The highest BCUT2D eigenvalue weighted by molar-refractivity contribution is 8.00. The van der Waals surface area contributed by atoms with Crippen LogP contribution in [0, 0.1) is 5.82 Å². The first-order valence-corrected chi connectivity index (χ1v) is 10.3. The molecule has 1 atom stereocenters. The minimum Gasteiger partial charge on any atom is -0.304 e. The quantitative estimate of drug-likeness (QED) is 0.751. The lowest BCUT2D eigenvalue weighted by molar-refractivity contribution is -0.116. The van der Waals surface area contributed by atoms with E-state index in [1.807, 2.05) is 6.07 Å². The minimum atomic E-state index is -3.30. The molecule has 0 aromatic heterocycles. The van der Waals surface area contributed by atoms with E-state index in [1.54, 1.807) is 42.5 Å². The van der Waals surface area contributed by atoms with Crippen LogP contribution in [0.15, 0.2) is 71.0 Å². The Hall–Kier alpha value is -2.12. The van der Waals surface area contributed by atoms with Gasteiger partial charge in [0, 0.05) is 16.0 Å². The lowest BCUT2D eigenvalue weighted by atomic mass is 10.2. The summed E-state index contributed by atoms with van der Waals surface area (Å²) in [4.78, 5) is 14.6. The van der Waals surface area contributed by atoms with Crippen LogP contribution in [0.3, 0.4) is 0 Å². The van der Waals surface area contributed by atoms with Gasteiger partial charge >= 0.3 is 0 Å². The van der Waals surface area contributed by atoms with E-state index in [0.29, 0.717) is 10.6 Å². The van der Waals surface area contributed by atoms with Crippen LogP contribution in [-0.2, 0) is 14.6 Å². The van der Waals surface area contributed by atoms with Crippen molar-refractivity contribution in [1.82, 2.24) is 0 Å². The van der Waals surface area contributed by atoms with Gasteiger partial charge in [-0.1, -0.05) is 30.3 Å². The van der Waals surface area contributed by atoms with Crippen LogP contribution in [0.1, 0.15) is 0 Å². The van der Waals surface area contributed by atoms with Gasteiger partial charge in [-0.3, -0.25) is 4.79 Å². The number of para-hydroxylation sites is 1. The summed E-state index contributed by atoms with van der Waals surface area (Å²) in [6.07, 6.45) is 1.52. The molecule has 0 radical (unpaired) electrons. The van der Waals surface area contributed by atoms with Crippen LogP contribution in [0.4, 0.5) is 10.1 Å². The Bertz CT molecular complexity index is 898. The molecule has 1 heterocycles. The van der Waals surface area contributed by atoms with Gasteiger partial charge in [0.2, 0.25) is 5.91 Å². The molecule has 0 saturated carbocycles. The molecule has 1 aliphatic rings. The summed E-state index contributed by atoms with van der Waals surface area (Å²) in [5, 5.41) is 1.14. The number of halogens is 1. The van der Waals surface area contributed by atoms with Crippen molar-refractivity contribution in [3.8, 4) is 0 Å². The monoisotopic (exact) mass is 377 g/mol. The maximum Gasteiger partial charge on any atom is 0.237 e. The molecule has 0 unspecified atom stereocenters. The van der Waals surface area contributed by atoms with E-state index < -0.39 is 15.9 Å². The van der Waals surface area contributed by atoms with E-state index in [1.165, 1.54) is 17.0 Å². The molecule has 2 aromatic carbocycles. The summed E-state index contributed by atoms with van der Waals surface area (Å²) in [6, 6.07) is 14.6. The number of carbonyl (C=O) groups excluding carboxylic acids is 1. The highest BCUT2D eigenvalue weighted by Gasteiger charge is 2.31. The molecule has 0 spiro atoms. The Labute approximate surface area is 150 Å². The van der Waals surface area contributed by atoms with Gasteiger partial charge in [0.05, 0.1) is 17.5 Å². The predicted molar refractivity (Wildman–Crippen MR) is 97.8 cm³/mol. The third-order valence-corrected chi connectivity index (χ3v) is 6.14. The van der Waals surface area contributed by atoms with Crippen molar-refractivity contribution in [3.05, 3.63) is 71.9 Å². The number of benzene rings is 2. The number of sulfone groups is 1. The standard InChI is InChI=1S/C18H16FNO3S2/c19-16-8-4-5-9-17(16)24-12-18(21)20(14-6-2-1-3-7-14)15-10-11-25(22,23)13-15/h1-11,15H,12-13H2/t15-/m0/s1. The highest BCUT2D eigenvalue weighted by Crippen LogP contribution is 2.26. The van der Waals surface area contributed by atoms with Crippen LogP contribution < -0.4 is 4.90 Å². The molecule has 4 nitrogen and oxygen atoms in total.